The molecule has 2 aromatic carbocycles. The summed E-state index contributed by atoms with van der Waals surface area (Å²) in [5, 5.41) is 16.1. The van der Waals surface area contributed by atoms with Crippen molar-refractivity contribution in [1.29, 1.82) is 10.5 Å². The van der Waals surface area contributed by atoms with E-state index in [2.05, 4.69) is 6.92 Å². The second-order valence-electron chi connectivity index (χ2n) is 7.47. The van der Waals surface area contributed by atoms with Crippen LogP contribution in [0.5, 0.6) is 5.75 Å². The molecule has 33 heavy (non-hydrogen) atoms. The molecular formula is C24H25BF2N2O4. The zero-order valence-electron chi connectivity index (χ0n) is 18.6. The number of ether oxygens (including phenoxy) is 1. The van der Waals surface area contributed by atoms with Crippen molar-refractivity contribution in [2.45, 2.75) is 39.5 Å². The van der Waals surface area contributed by atoms with Gasteiger partial charge in [0.25, 0.3) is 0 Å². The highest BCUT2D eigenvalue weighted by atomic mass is 19.1. The molecule has 0 bridgehead atoms. The SMILES string of the molecule is CC#N.CCCCCC1COB(c2ccc(C(=O)Oc3ccc(C#N)c(F)c3)c(F)c2)OC1. The van der Waals surface area contributed by atoms with E-state index in [1.807, 2.05) is 0 Å². The van der Waals surface area contributed by atoms with E-state index < -0.39 is 24.7 Å². The Morgan fingerprint density at radius 1 is 1.12 bits per heavy atom. The van der Waals surface area contributed by atoms with Crippen LogP contribution in [0.15, 0.2) is 36.4 Å². The van der Waals surface area contributed by atoms with Crippen LogP contribution in [-0.2, 0) is 9.31 Å². The minimum absolute atomic E-state index is 0.118. The Hall–Kier alpha value is -3.27. The van der Waals surface area contributed by atoms with E-state index in [-0.39, 0.29) is 16.9 Å². The summed E-state index contributed by atoms with van der Waals surface area (Å²) < 4.78 is 44.6. The first-order valence-corrected chi connectivity index (χ1v) is 10.7. The average Bonchev–Trinajstić information content (AvgIpc) is 2.80. The van der Waals surface area contributed by atoms with Crippen molar-refractivity contribution in [2.75, 3.05) is 13.2 Å². The summed E-state index contributed by atoms with van der Waals surface area (Å²) in [6, 6.07) is 10.8. The summed E-state index contributed by atoms with van der Waals surface area (Å²) in [5.41, 5.74) is 0.00247. The Labute approximate surface area is 192 Å². The summed E-state index contributed by atoms with van der Waals surface area (Å²) in [4.78, 5) is 12.2. The Morgan fingerprint density at radius 3 is 2.39 bits per heavy atom. The van der Waals surface area contributed by atoms with Crippen molar-refractivity contribution in [3.8, 4) is 17.9 Å². The number of nitriles is 2. The van der Waals surface area contributed by atoms with Crippen LogP contribution in [0.1, 0.15) is 55.5 Å². The van der Waals surface area contributed by atoms with E-state index in [0.717, 1.165) is 25.3 Å². The van der Waals surface area contributed by atoms with Crippen LogP contribution in [0.3, 0.4) is 0 Å². The number of hydrogen-bond acceptors (Lipinski definition) is 6. The maximum absolute atomic E-state index is 14.5. The second kappa shape index (κ2) is 13.3. The second-order valence-corrected chi connectivity index (χ2v) is 7.47. The van der Waals surface area contributed by atoms with Crippen LogP contribution in [0, 0.1) is 40.2 Å². The number of halogens is 2. The highest BCUT2D eigenvalue weighted by Gasteiger charge is 2.30. The molecule has 6 nitrogen and oxygen atoms in total. The van der Waals surface area contributed by atoms with Crippen LogP contribution < -0.4 is 10.2 Å². The molecule has 3 rings (SSSR count). The van der Waals surface area contributed by atoms with Crippen molar-refractivity contribution >= 4 is 18.6 Å². The van der Waals surface area contributed by atoms with E-state index in [1.165, 1.54) is 37.6 Å². The molecule has 2 aromatic rings. The molecule has 1 aliphatic heterocycles. The molecule has 0 saturated carbocycles. The molecule has 0 aromatic heterocycles. The molecule has 9 heteroatoms. The fourth-order valence-corrected chi connectivity index (χ4v) is 3.24. The van der Waals surface area contributed by atoms with Crippen LogP contribution in [0.25, 0.3) is 0 Å². The summed E-state index contributed by atoms with van der Waals surface area (Å²) in [6.45, 7) is 4.68. The number of carbonyl (C=O) groups excluding carboxylic acids is 1. The molecule has 1 aliphatic rings. The fraction of sp³-hybridized carbons (Fsp3) is 0.375. The van der Waals surface area contributed by atoms with Gasteiger partial charge < -0.3 is 14.0 Å². The van der Waals surface area contributed by atoms with Crippen molar-refractivity contribution in [3.05, 3.63) is 59.2 Å². The third kappa shape index (κ3) is 7.67. The average molecular weight is 454 g/mol. The van der Waals surface area contributed by atoms with E-state index in [0.29, 0.717) is 24.6 Å². The van der Waals surface area contributed by atoms with Crippen molar-refractivity contribution < 1.29 is 27.6 Å². The zero-order chi connectivity index (χ0) is 24.2. The maximum Gasteiger partial charge on any atom is 0.493 e. The van der Waals surface area contributed by atoms with Gasteiger partial charge >= 0.3 is 13.1 Å². The first-order chi connectivity index (χ1) is 15.9. The molecule has 0 unspecified atom stereocenters. The van der Waals surface area contributed by atoms with Gasteiger partial charge in [-0.3, -0.25) is 0 Å². The predicted octanol–water partition coefficient (Wildman–Crippen LogP) is 4.52. The Kier molecular flexibility index (Phi) is 10.5. The number of hydrogen-bond donors (Lipinski definition) is 0. The number of rotatable bonds is 7. The molecule has 1 fully saturated rings. The highest BCUT2D eigenvalue weighted by molar-refractivity contribution is 6.61. The molecule has 0 radical (unpaired) electrons. The lowest BCUT2D eigenvalue weighted by molar-refractivity contribution is 0.0728. The van der Waals surface area contributed by atoms with Gasteiger partial charge in [0, 0.05) is 32.1 Å². The number of unbranched alkanes of at least 4 members (excludes halogenated alkanes) is 2. The summed E-state index contributed by atoms with van der Waals surface area (Å²) in [6.07, 6.45) is 4.51. The van der Waals surface area contributed by atoms with E-state index in [1.54, 1.807) is 18.2 Å². The van der Waals surface area contributed by atoms with Gasteiger partial charge in [-0.15, -0.1) is 0 Å². The Morgan fingerprint density at radius 2 is 1.82 bits per heavy atom. The standard InChI is InChI=1S/C22H22BF2NO4.C2H3N/c1-2-3-4-5-15-13-28-23(29-14-15)17-7-9-19(21(25)10-17)22(27)30-18-8-6-16(12-26)20(24)11-18;1-2-3/h6-11,15H,2-5,13-14H2,1H3;1H3. The largest absolute Gasteiger partial charge is 0.493 e. The van der Waals surface area contributed by atoms with Gasteiger partial charge in [0.1, 0.15) is 23.5 Å². The molecule has 0 atom stereocenters. The summed E-state index contributed by atoms with van der Waals surface area (Å²) in [5.74, 6) is -2.36. The number of esters is 1. The van der Waals surface area contributed by atoms with Crippen molar-refractivity contribution in [1.82, 2.24) is 0 Å². The van der Waals surface area contributed by atoms with Gasteiger partial charge in [-0.25, -0.2) is 13.6 Å². The topological polar surface area (TPSA) is 92.3 Å². The minimum Gasteiger partial charge on any atom is -0.423 e. The number of nitrogens with zero attached hydrogens (tertiary/aromatic N) is 2. The first kappa shape index (κ1) is 26.0. The Balaban J connectivity index is 0.00000122. The van der Waals surface area contributed by atoms with Crippen LogP contribution in [0.4, 0.5) is 8.78 Å². The van der Waals surface area contributed by atoms with Gasteiger partial charge in [0.15, 0.2) is 0 Å². The molecular weight excluding hydrogens is 429 g/mol. The lowest BCUT2D eigenvalue weighted by atomic mass is 9.77. The predicted molar refractivity (Wildman–Crippen MR) is 119 cm³/mol. The lowest BCUT2D eigenvalue weighted by Crippen LogP contribution is -2.44. The monoisotopic (exact) mass is 454 g/mol. The Bertz CT molecular complexity index is 1030. The summed E-state index contributed by atoms with van der Waals surface area (Å²) in [7, 11) is -0.681. The molecule has 0 aliphatic carbocycles. The van der Waals surface area contributed by atoms with Crippen molar-refractivity contribution in [2.24, 2.45) is 5.92 Å². The molecule has 172 valence electrons. The molecule has 0 N–H and O–H groups in total. The number of carbonyl (C=O) groups is 1. The van der Waals surface area contributed by atoms with E-state index in [4.69, 9.17) is 24.6 Å². The molecule has 0 amide bonds. The van der Waals surface area contributed by atoms with Crippen LogP contribution >= 0.6 is 0 Å². The van der Waals surface area contributed by atoms with Gasteiger partial charge in [-0.1, -0.05) is 32.3 Å². The quantitative estimate of drug-likeness (QED) is 0.264. The van der Waals surface area contributed by atoms with Gasteiger partial charge in [-0.05, 0) is 36.1 Å². The summed E-state index contributed by atoms with van der Waals surface area (Å²) >= 11 is 0. The van der Waals surface area contributed by atoms with Crippen LogP contribution in [-0.4, -0.2) is 26.3 Å². The molecule has 1 heterocycles. The lowest BCUT2D eigenvalue weighted by Gasteiger charge is -2.27. The molecule has 1 saturated heterocycles. The normalized spacial score (nSPS) is 13.3. The van der Waals surface area contributed by atoms with Crippen molar-refractivity contribution in [3.63, 3.8) is 0 Å². The fourth-order valence-electron chi connectivity index (χ4n) is 3.24. The zero-order valence-corrected chi connectivity index (χ0v) is 18.6. The molecule has 0 spiro atoms. The minimum atomic E-state index is -0.968. The van der Waals surface area contributed by atoms with Gasteiger partial charge in [-0.2, -0.15) is 10.5 Å². The van der Waals surface area contributed by atoms with E-state index in [9.17, 15) is 13.6 Å². The third-order valence-electron chi connectivity index (χ3n) is 4.94. The highest BCUT2D eigenvalue weighted by Crippen LogP contribution is 2.19. The third-order valence-corrected chi connectivity index (χ3v) is 4.94. The van der Waals surface area contributed by atoms with E-state index >= 15 is 0 Å². The maximum atomic E-state index is 14.5. The van der Waals surface area contributed by atoms with Gasteiger partial charge in [0.2, 0.25) is 0 Å². The smallest absolute Gasteiger partial charge is 0.423 e. The first-order valence-electron chi connectivity index (χ1n) is 10.7. The van der Waals surface area contributed by atoms with Crippen LogP contribution in [0.2, 0.25) is 0 Å². The number of benzene rings is 2. The van der Waals surface area contributed by atoms with Gasteiger partial charge in [0.05, 0.1) is 17.2 Å².